The molecule has 0 bridgehead atoms. The van der Waals surface area contributed by atoms with Crippen LogP contribution in [0.3, 0.4) is 0 Å². The number of carbonyl (C=O) groups is 1. The van der Waals surface area contributed by atoms with Crippen LogP contribution in [0.25, 0.3) is 0 Å². The number of carbonyl (C=O) groups excluding carboxylic acids is 1. The highest BCUT2D eigenvalue weighted by Gasteiger charge is 2.29. The van der Waals surface area contributed by atoms with Gasteiger partial charge in [-0.25, -0.2) is 4.79 Å². The summed E-state index contributed by atoms with van der Waals surface area (Å²) in [5, 5.41) is 2.76. The van der Waals surface area contributed by atoms with Crippen molar-refractivity contribution in [3.63, 3.8) is 0 Å². The fourth-order valence-electron chi connectivity index (χ4n) is 2.43. The summed E-state index contributed by atoms with van der Waals surface area (Å²) in [6.45, 7) is 0.760. The van der Waals surface area contributed by atoms with Gasteiger partial charge in [0.1, 0.15) is 5.75 Å². The molecule has 7 heteroatoms. The zero-order valence-electron chi connectivity index (χ0n) is 14.6. The molecule has 0 unspecified atom stereocenters. The summed E-state index contributed by atoms with van der Waals surface area (Å²) < 4.78 is 42.7. The van der Waals surface area contributed by atoms with Crippen molar-refractivity contribution in [3.05, 3.63) is 65.2 Å². The van der Waals surface area contributed by atoms with Gasteiger partial charge < -0.3 is 15.0 Å². The van der Waals surface area contributed by atoms with Crippen LogP contribution in [0.5, 0.6) is 5.75 Å². The van der Waals surface area contributed by atoms with Crippen molar-refractivity contribution in [2.45, 2.75) is 19.1 Å². The predicted octanol–water partition coefficient (Wildman–Crippen LogP) is 4.10. The number of amides is 2. The van der Waals surface area contributed by atoms with Crippen molar-refractivity contribution in [3.8, 4) is 5.75 Å². The number of hydrogen-bond acceptors (Lipinski definition) is 2. The molecule has 2 aromatic carbocycles. The molecule has 0 fully saturated rings. The number of hydrogen-bond donors (Lipinski definition) is 1. The van der Waals surface area contributed by atoms with Crippen LogP contribution in [0.15, 0.2) is 48.5 Å². The molecule has 1 N–H and O–H groups in total. The number of nitrogens with zero attached hydrogens (tertiary/aromatic N) is 1. The topological polar surface area (TPSA) is 41.6 Å². The average Bonchev–Trinajstić information content (AvgIpc) is 2.61. The second-order valence-electron chi connectivity index (χ2n) is 5.88. The van der Waals surface area contributed by atoms with Crippen LogP contribution in [0.2, 0.25) is 0 Å². The molecule has 2 rings (SSSR count). The molecule has 0 aliphatic heterocycles. The van der Waals surface area contributed by atoms with Crippen molar-refractivity contribution in [2.75, 3.05) is 20.7 Å². The Balaban J connectivity index is 1.80. The second-order valence-corrected chi connectivity index (χ2v) is 5.88. The lowest BCUT2D eigenvalue weighted by Gasteiger charge is -2.18. The fourth-order valence-corrected chi connectivity index (χ4v) is 2.43. The van der Waals surface area contributed by atoms with Gasteiger partial charge in [0.15, 0.2) is 0 Å². The van der Waals surface area contributed by atoms with E-state index in [-0.39, 0.29) is 6.03 Å². The van der Waals surface area contributed by atoms with E-state index in [4.69, 9.17) is 4.74 Å². The number of methoxy groups -OCH3 is 1. The highest BCUT2D eigenvalue weighted by molar-refractivity contribution is 5.73. The van der Waals surface area contributed by atoms with Crippen LogP contribution in [0.1, 0.15) is 16.7 Å². The summed E-state index contributed by atoms with van der Waals surface area (Å²) in [5.41, 5.74) is 0.988. The van der Waals surface area contributed by atoms with E-state index >= 15 is 0 Å². The zero-order chi connectivity index (χ0) is 19.2. The molecule has 26 heavy (non-hydrogen) atoms. The third-order valence-corrected chi connectivity index (χ3v) is 3.87. The number of alkyl halides is 3. The largest absolute Gasteiger partial charge is 0.497 e. The lowest BCUT2D eigenvalue weighted by atomic mass is 10.1. The summed E-state index contributed by atoms with van der Waals surface area (Å²) in [6, 6.07) is 12.1. The molecule has 0 saturated heterocycles. The normalized spacial score (nSPS) is 11.1. The number of nitrogens with one attached hydrogen (secondary N) is 1. The van der Waals surface area contributed by atoms with Crippen molar-refractivity contribution in [1.29, 1.82) is 0 Å². The Hall–Kier alpha value is -2.70. The van der Waals surface area contributed by atoms with Crippen LogP contribution >= 0.6 is 0 Å². The van der Waals surface area contributed by atoms with Crippen molar-refractivity contribution in [2.24, 2.45) is 0 Å². The molecule has 2 aromatic rings. The first kappa shape index (κ1) is 19.6. The van der Waals surface area contributed by atoms with Gasteiger partial charge in [0, 0.05) is 20.1 Å². The van der Waals surface area contributed by atoms with Crippen LogP contribution in [0, 0.1) is 0 Å². The highest BCUT2D eigenvalue weighted by atomic mass is 19.4. The number of ether oxygens (including phenoxy) is 1. The molecule has 0 spiro atoms. The van der Waals surface area contributed by atoms with E-state index in [1.165, 1.54) is 17.0 Å². The van der Waals surface area contributed by atoms with Gasteiger partial charge in [-0.3, -0.25) is 0 Å². The van der Waals surface area contributed by atoms with Gasteiger partial charge in [0.05, 0.1) is 12.7 Å². The summed E-state index contributed by atoms with van der Waals surface area (Å²) >= 11 is 0. The predicted molar refractivity (Wildman–Crippen MR) is 93.0 cm³/mol. The van der Waals surface area contributed by atoms with Crippen LogP contribution in [-0.2, 0) is 19.1 Å². The molecule has 0 aromatic heterocycles. The maximum absolute atomic E-state index is 12.5. The molecule has 4 nitrogen and oxygen atoms in total. The summed E-state index contributed by atoms with van der Waals surface area (Å²) in [4.78, 5) is 13.6. The molecule has 0 atom stereocenters. The first-order chi connectivity index (χ1) is 12.3. The van der Waals surface area contributed by atoms with E-state index in [0.717, 1.165) is 29.0 Å². The van der Waals surface area contributed by atoms with E-state index in [0.29, 0.717) is 19.5 Å². The number of halogens is 3. The second kappa shape index (κ2) is 8.60. The first-order valence-corrected chi connectivity index (χ1v) is 8.07. The third kappa shape index (κ3) is 5.68. The molecular formula is C19H21F3N2O2. The Morgan fingerprint density at radius 2 is 1.81 bits per heavy atom. The van der Waals surface area contributed by atoms with Gasteiger partial charge in [0.2, 0.25) is 0 Å². The van der Waals surface area contributed by atoms with Gasteiger partial charge in [-0.2, -0.15) is 13.2 Å². The lowest BCUT2D eigenvalue weighted by Crippen LogP contribution is -2.37. The van der Waals surface area contributed by atoms with E-state index in [1.807, 2.05) is 24.3 Å². The van der Waals surface area contributed by atoms with Crippen molar-refractivity contribution >= 4 is 6.03 Å². The molecule has 0 aliphatic rings. The number of benzene rings is 2. The molecule has 2 amide bonds. The maximum atomic E-state index is 12.5. The van der Waals surface area contributed by atoms with Crippen LogP contribution < -0.4 is 10.1 Å². The Bertz CT molecular complexity index is 730. The summed E-state index contributed by atoms with van der Waals surface area (Å²) in [7, 11) is 3.25. The van der Waals surface area contributed by atoms with E-state index in [9.17, 15) is 18.0 Å². The zero-order valence-corrected chi connectivity index (χ0v) is 14.6. The van der Waals surface area contributed by atoms with Gasteiger partial charge in [-0.15, -0.1) is 0 Å². The van der Waals surface area contributed by atoms with Crippen molar-refractivity contribution < 1.29 is 22.7 Å². The molecule has 0 heterocycles. The minimum absolute atomic E-state index is 0.250. The first-order valence-electron chi connectivity index (χ1n) is 8.07. The van der Waals surface area contributed by atoms with Gasteiger partial charge >= 0.3 is 12.2 Å². The van der Waals surface area contributed by atoms with Crippen molar-refractivity contribution in [1.82, 2.24) is 10.2 Å². The maximum Gasteiger partial charge on any atom is 0.416 e. The average molecular weight is 366 g/mol. The summed E-state index contributed by atoms with van der Waals surface area (Å²) in [6.07, 6.45) is -3.88. The Labute approximate surface area is 150 Å². The molecule has 0 radical (unpaired) electrons. The van der Waals surface area contributed by atoms with Gasteiger partial charge in [0.25, 0.3) is 0 Å². The van der Waals surface area contributed by atoms with E-state index in [2.05, 4.69) is 5.32 Å². The summed E-state index contributed by atoms with van der Waals surface area (Å²) in [5.74, 6) is 0.721. The smallest absolute Gasteiger partial charge is 0.416 e. The van der Waals surface area contributed by atoms with Gasteiger partial charge in [-0.05, 0) is 41.8 Å². The monoisotopic (exact) mass is 366 g/mol. The highest BCUT2D eigenvalue weighted by Crippen LogP contribution is 2.29. The quantitative estimate of drug-likeness (QED) is 0.836. The Kier molecular flexibility index (Phi) is 6.49. The SMILES string of the molecule is COc1cccc(CN(C)C(=O)NCCc2ccc(C(F)(F)F)cc2)c1. The van der Waals surface area contributed by atoms with Crippen LogP contribution in [-0.4, -0.2) is 31.6 Å². The third-order valence-electron chi connectivity index (χ3n) is 3.87. The minimum Gasteiger partial charge on any atom is -0.497 e. The fraction of sp³-hybridized carbons (Fsp3) is 0.316. The minimum atomic E-state index is -4.34. The molecule has 140 valence electrons. The van der Waals surface area contributed by atoms with Gasteiger partial charge in [-0.1, -0.05) is 24.3 Å². The molecule has 0 saturated carbocycles. The standard InChI is InChI=1S/C19H21F3N2O2/c1-24(13-15-4-3-5-17(12-15)26-2)18(25)23-11-10-14-6-8-16(9-7-14)19(20,21)22/h3-9,12H,10-11,13H2,1-2H3,(H,23,25). The lowest BCUT2D eigenvalue weighted by molar-refractivity contribution is -0.137. The Morgan fingerprint density at radius 1 is 1.12 bits per heavy atom. The molecular weight excluding hydrogens is 345 g/mol. The van der Waals surface area contributed by atoms with E-state index < -0.39 is 11.7 Å². The van der Waals surface area contributed by atoms with Crippen LogP contribution in [0.4, 0.5) is 18.0 Å². The Morgan fingerprint density at radius 3 is 2.42 bits per heavy atom. The number of rotatable bonds is 6. The molecule has 0 aliphatic carbocycles. The number of urea groups is 1. The van der Waals surface area contributed by atoms with E-state index in [1.54, 1.807) is 14.2 Å².